The van der Waals surface area contributed by atoms with Crippen LogP contribution in [-0.2, 0) is 13.5 Å². The summed E-state index contributed by atoms with van der Waals surface area (Å²) >= 11 is 0. The molecule has 7 N–H and O–H groups in total. The highest BCUT2D eigenvalue weighted by atomic mass is 19.1. The number of aromatic nitrogens is 2. The Kier molecular flexibility index (Phi) is 19.1. The number of nitrogens with zero attached hydrogens (tertiary/aromatic N) is 3. The Bertz CT molecular complexity index is 1120. The van der Waals surface area contributed by atoms with Crippen molar-refractivity contribution in [2.24, 2.45) is 18.5 Å². The molecule has 2 aliphatic rings. The van der Waals surface area contributed by atoms with Gasteiger partial charge in [0.05, 0.1) is 11.9 Å². The fourth-order valence-corrected chi connectivity index (χ4v) is 3.88. The van der Waals surface area contributed by atoms with E-state index in [4.69, 9.17) is 16.9 Å². The van der Waals surface area contributed by atoms with Crippen LogP contribution in [0.5, 0.6) is 0 Å². The number of halogens is 1. The second kappa shape index (κ2) is 20.7. The summed E-state index contributed by atoms with van der Waals surface area (Å²) in [6.07, 6.45) is 13.7. The van der Waals surface area contributed by atoms with Gasteiger partial charge in [-0.25, -0.2) is 4.39 Å². The Hall–Kier alpha value is -3.11. The van der Waals surface area contributed by atoms with Crippen LogP contribution < -0.4 is 16.8 Å². The average molecular weight is 576 g/mol. The van der Waals surface area contributed by atoms with Gasteiger partial charge in [-0.05, 0) is 51.1 Å². The normalized spacial score (nSPS) is 15.7. The van der Waals surface area contributed by atoms with Crippen molar-refractivity contribution in [3.8, 4) is 0 Å². The summed E-state index contributed by atoms with van der Waals surface area (Å²) in [6.45, 7) is 18.5. The number of rotatable bonds is 9. The highest BCUT2D eigenvalue weighted by Gasteiger charge is 2.24. The molecule has 0 amide bonds. The molecule has 0 radical (unpaired) electrons. The minimum atomic E-state index is -1.03. The summed E-state index contributed by atoms with van der Waals surface area (Å²) < 4.78 is 14.1. The van der Waals surface area contributed by atoms with Crippen molar-refractivity contribution in [1.82, 2.24) is 20.0 Å². The molecule has 0 saturated carbocycles. The molecule has 1 atom stereocenters. The molecule has 8 nitrogen and oxygen atoms in total. The van der Waals surface area contributed by atoms with E-state index in [2.05, 4.69) is 30.5 Å². The lowest BCUT2D eigenvalue weighted by Crippen LogP contribution is -2.47. The Morgan fingerprint density at radius 2 is 2.00 bits per heavy atom. The number of hydrogen-bond acceptors (Lipinski definition) is 7. The van der Waals surface area contributed by atoms with E-state index < -0.39 is 6.35 Å². The number of aryl methyl sites for hydroxylation is 1. The number of aliphatic hydroxyl groups excluding tert-OH is 1. The molecule has 41 heavy (non-hydrogen) atoms. The SMILES string of the molecule is C=C/C(C)=C(/C)C(=C)F.CC.CCCCCNC.Cn1ncc2c1CC=CC(C(=N)C1=C(N)CCN(C(N)O)C1)=C2.[HH].[HH]. The van der Waals surface area contributed by atoms with Crippen LogP contribution >= 0.6 is 0 Å². The van der Waals surface area contributed by atoms with Crippen LogP contribution in [0.3, 0.4) is 0 Å². The third-order valence-corrected chi connectivity index (χ3v) is 6.73. The van der Waals surface area contributed by atoms with E-state index in [1.165, 1.54) is 25.8 Å². The molecule has 1 aromatic heterocycles. The highest BCUT2D eigenvalue weighted by molar-refractivity contribution is 6.15. The van der Waals surface area contributed by atoms with Crippen molar-refractivity contribution in [2.45, 2.75) is 73.1 Å². The molecule has 9 heteroatoms. The van der Waals surface area contributed by atoms with E-state index >= 15 is 0 Å². The fourth-order valence-electron chi connectivity index (χ4n) is 3.88. The lowest BCUT2D eigenvalue weighted by Gasteiger charge is -2.31. The lowest BCUT2D eigenvalue weighted by atomic mass is 9.95. The molecule has 0 fully saturated rings. The van der Waals surface area contributed by atoms with E-state index in [1.807, 2.05) is 57.0 Å². The van der Waals surface area contributed by atoms with E-state index in [1.54, 1.807) is 24.8 Å². The van der Waals surface area contributed by atoms with Crippen LogP contribution in [-0.4, -0.2) is 58.5 Å². The molecule has 2 heterocycles. The number of nitrogens with one attached hydrogen (secondary N) is 2. The molecule has 3 rings (SSSR count). The van der Waals surface area contributed by atoms with Gasteiger partial charge in [0.25, 0.3) is 0 Å². The number of allylic oxidation sites excluding steroid dienone is 7. The zero-order chi connectivity index (χ0) is 31.5. The minimum Gasteiger partial charge on any atom is -0.402 e. The zero-order valence-electron chi connectivity index (χ0n) is 26.4. The lowest BCUT2D eigenvalue weighted by molar-refractivity contribution is 0.0136. The van der Waals surface area contributed by atoms with Crippen molar-refractivity contribution in [3.63, 3.8) is 0 Å². The summed E-state index contributed by atoms with van der Waals surface area (Å²) in [7, 11) is 3.91. The number of nitrogens with two attached hydrogens (primary N) is 2. The van der Waals surface area contributed by atoms with Crippen LogP contribution in [0.25, 0.3) is 6.08 Å². The smallest absolute Gasteiger partial charge is 0.160 e. The van der Waals surface area contributed by atoms with Crippen LogP contribution in [0.2, 0.25) is 0 Å². The van der Waals surface area contributed by atoms with Crippen LogP contribution in [0, 0.1) is 5.41 Å². The van der Waals surface area contributed by atoms with Gasteiger partial charge in [0.1, 0.15) is 5.83 Å². The molecule has 0 aromatic carbocycles. The van der Waals surface area contributed by atoms with Crippen molar-refractivity contribution in [1.29, 1.82) is 5.41 Å². The maximum Gasteiger partial charge on any atom is 0.160 e. The molecule has 0 bridgehead atoms. The second-order valence-corrected chi connectivity index (χ2v) is 9.62. The Labute approximate surface area is 250 Å². The van der Waals surface area contributed by atoms with Crippen molar-refractivity contribution >= 4 is 11.8 Å². The predicted molar refractivity (Wildman–Crippen MR) is 177 cm³/mol. The summed E-state index contributed by atoms with van der Waals surface area (Å²) in [5.74, 6) is -0.382. The molecule has 0 saturated heterocycles. The molecule has 1 aromatic rings. The fraction of sp³-hybridized carbons (Fsp3) is 0.500. The van der Waals surface area contributed by atoms with Crippen molar-refractivity contribution < 1.29 is 12.4 Å². The van der Waals surface area contributed by atoms with Gasteiger partial charge in [0.15, 0.2) is 6.35 Å². The first-order valence-corrected chi connectivity index (χ1v) is 14.4. The molecule has 234 valence electrons. The van der Waals surface area contributed by atoms with Crippen LogP contribution in [0.4, 0.5) is 4.39 Å². The first kappa shape index (κ1) is 37.9. The maximum atomic E-state index is 12.2. The summed E-state index contributed by atoms with van der Waals surface area (Å²) in [4.78, 5) is 1.71. The van der Waals surface area contributed by atoms with Gasteiger partial charge in [-0.1, -0.05) is 65.0 Å². The van der Waals surface area contributed by atoms with E-state index in [9.17, 15) is 9.50 Å². The minimum absolute atomic E-state index is 0. The third kappa shape index (κ3) is 12.9. The largest absolute Gasteiger partial charge is 0.402 e. The summed E-state index contributed by atoms with van der Waals surface area (Å²) in [5.41, 5.74) is 17.8. The third-order valence-electron chi connectivity index (χ3n) is 6.73. The summed E-state index contributed by atoms with van der Waals surface area (Å²) in [6, 6.07) is 0. The molecule has 0 spiro atoms. The second-order valence-electron chi connectivity index (χ2n) is 9.62. The maximum absolute atomic E-state index is 12.2. The molecular weight excluding hydrogens is 517 g/mol. The average Bonchev–Trinajstić information content (AvgIpc) is 3.17. The molecule has 1 unspecified atom stereocenters. The van der Waals surface area contributed by atoms with Gasteiger partial charge >= 0.3 is 0 Å². The van der Waals surface area contributed by atoms with Gasteiger partial charge in [-0.3, -0.25) is 20.7 Å². The quantitative estimate of drug-likeness (QED) is 0.106. The molecule has 1 aliphatic heterocycles. The summed E-state index contributed by atoms with van der Waals surface area (Å²) in [5, 5.41) is 25.5. The topological polar surface area (TPSA) is 129 Å². The first-order chi connectivity index (χ1) is 19.5. The van der Waals surface area contributed by atoms with E-state index in [-0.39, 0.29) is 8.68 Å². The number of hydrogen-bond donors (Lipinski definition) is 5. The standard InChI is InChI=1S/C16H22N6O.C8H11F.C6H15N.C2H6.2H2/c1-21-14-4-2-3-10(7-11(14)8-20-21)15(18)12-9-22(16(19)23)6-5-13(12)17;1-5-6(2)7(3)8(4)9;1-3-4-5-6-7-2;1-2;;/h2-3,7-8,16,18,23H,4-6,9,17,19H2,1H3;5H,1,4H2,2-3H3;7H,3-6H2,1-2H3;1-2H3;2*1H/b;7-6-;;;;. The Morgan fingerprint density at radius 3 is 2.51 bits per heavy atom. The predicted octanol–water partition coefficient (Wildman–Crippen LogP) is 5.99. The number of unbranched alkanes of at least 4 members (excludes halogenated alkanes) is 2. The van der Waals surface area contributed by atoms with Gasteiger partial charge in [-0.15, -0.1) is 0 Å². The van der Waals surface area contributed by atoms with Gasteiger partial charge in [0, 0.05) is 63.9 Å². The zero-order valence-corrected chi connectivity index (χ0v) is 26.4. The number of fused-ring (bicyclic) bond motifs is 1. The van der Waals surface area contributed by atoms with E-state index in [0.29, 0.717) is 36.5 Å². The van der Waals surface area contributed by atoms with Crippen molar-refractivity contribution in [2.75, 3.05) is 26.7 Å². The molecule has 1 aliphatic carbocycles. The molecular formula is C32H58FN7O. The first-order valence-electron chi connectivity index (χ1n) is 14.4. The van der Waals surface area contributed by atoms with Gasteiger partial charge < -0.3 is 16.2 Å². The Morgan fingerprint density at radius 1 is 1.34 bits per heavy atom. The van der Waals surface area contributed by atoms with Gasteiger partial charge in [0.2, 0.25) is 0 Å². The van der Waals surface area contributed by atoms with Gasteiger partial charge in [-0.2, -0.15) is 5.10 Å². The van der Waals surface area contributed by atoms with Crippen LogP contribution in [0.15, 0.2) is 71.4 Å². The highest BCUT2D eigenvalue weighted by Crippen LogP contribution is 2.24. The van der Waals surface area contributed by atoms with Crippen LogP contribution in [0.1, 0.15) is 74.4 Å². The Balaban J connectivity index is -0.000000671. The van der Waals surface area contributed by atoms with Crippen molar-refractivity contribution in [3.05, 3.63) is 82.7 Å². The monoisotopic (exact) mass is 575 g/mol. The number of aliphatic hydroxyl groups is 1. The van der Waals surface area contributed by atoms with E-state index in [0.717, 1.165) is 34.4 Å².